The van der Waals surface area contributed by atoms with E-state index in [2.05, 4.69) is 36.1 Å². The van der Waals surface area contributed by atoms with Crippen LogP contribution in [0.4, 0.5) is 0 Å². The van der Waals surface area contributed by atoms with Crippen molar-refractivity contribution >= 4 is 12.4 Å². The lowest BCUT2D eigenvalue weighted by atomic mass is 9.94. The van der Waals surface area contributed by atoms with Gasteiger partial charge in [-0.25, -0.2) is 0 Å². The van der Waals surface area contributed by atoms with Gasteiger partial charge in [0, 0.05) is 12.2 Å². The smallest absolute Gasteiger partial charge is 0.147 e. The van der Waals surface area contributed by atoms with Gasteiger partial charge in [0.1, 0.15) is 12.3 Å². The number of rotatable bonds is 3. The first-order chi connectivity index (χ1) is 9.79. The maximum atomic E-state index is 11.6. The minimum absolute atomic E-state index is 0.198. The minimum atomic E-state index is -0.198. The summed E-state index contributed by atoms with van der Waals surface area (Å²) < 4.78 is 0. The molecule has 1 aliphatic rings. The molecule has 0 amide bonds. The minimum Gasteiger partial charge on any atom is -0.357 e. The summed E-state index contributed by atoms with van der Waals surface area (Å²) in [5, 5.41) is 0. The van der Waals surface area contributed by atoms with E-state index in [0.29, 0.717) is 0 Å². The molecule has 0 radical (unpaired) electrons. The highest BCUT2D eigenvalue weighted by atomic mass is 16.1. The normalized spacial score (nSPS) is 17.4. The molecule has 2 heteroatoms. The van der Waals surface area contributed by atoms with Gasteiger partial charge in [-0.1, -0.05) is 54.6 Å². The molecule has 0 fully saturated rings. The lowest BCUT2D eigenvalue weighted by Crippen LogP contribution is -2.30. The average Bonchev–Trinajstić information content (AvgIpc) is 2.49. The second-order valence-electron chi connectivity index (χ2n) is 5.11. The van der Waals surface area contributed by atoms with Gasteiger partial charge in [-0.3, -0.25) is 0 Å². The molecule has 2 aromatic carbocycles. The van der Waals surface area contributed by atoms with Crippen LogP contribution in [-0.2, 0) is 11.3 Å². The zero-order valence-corrected chi connectivity index (χ0v) is 11.5. The van der Waals surface area contributed by atoms with Gasteiger partial charge in [-0.05, 0) is 29.7 Å². The van der Waals surface area contributed by atoms with E-state index in [1.54, 1.807) is 0 Å². The van der Waals surface area contributed by atoms with Crippen molar-refractivity contribution in [2.75, 3.05) is 0 Å². The topological polar surface area (TPSA) is 20.3 Å². The highest BCUT2D eigenvalue weighted by Crippen LogP contribution is 2.33. The molecule has 0 aliphatic carbocycles. The Morgan fingerprint density at radius 2 is 1.75 bits per heavy atom. The van der Waals surface area contributed by atoms with E-state index in [1.807, 2.05) is 36.4 Å². The molecule has 0 spiro atoms. The number of carbonyl (C=O) groups excluding carboxylic acids is 1. The van der Waals surface area contributed by atoms with Crippen LogP contribution in [-0.4, -0.2) is 11.2 Å². The van der Waals surface area contributed by atoms with Crippen molar-refractivity contribution in [2.24, 2.45) is 0 Å². The zero-order valence-electron chi connectivity index (χ0n) is 11.5. The molecule has 1 aliphatic heterocycles. The third kappa shape index (κ3) is 2.25. The first-order valence-corrected chi connectivity index (χ1v) is 6.82. The molecule has 0 aromatic heterocycles. The fraction of sp³-hybridized carbons (Fsp3) is 0.167. The van der Waals surface area contributed by atoms with E-state index in [0.717, 1.165) is 29.7 Å². The molecule has 0 bridgehead atoms. The second-order valence-corrected chi connectivity index (χ2v) is 5.11. The molecular formula is C18H17NO. The van der Waals surface area contributed by atoms with E-state index < -0.39 is 0 Å². The maximum Gasteiger partial charge on any atom is 0.147 e. The number of carbonyl (C=O) groups is 1. The summed E-state index contributed by atoms with van der Waals surface area (Å²) in [5.74, 6) is 0. The van der Waals surface area contributed by atoms with E-state index >= 15 is 0 Å². The predicted molar refractivity (Wildman–Crippen MR) is 80.9 cm³/mol. The summed E-state index contributed by atoms with van der Waals surface area (Å²) in [4.78, 5) is 13.8. The Kier molecular flexibility index (Phi) is 3.38. The van der Waals surface area contributed by atoms with Crippen LogP contribution >= 0.6 is 0 Å². The molecule has 1 atom stereocenters. The van der Waals surface area contributed by atoms with Crippen LogP contribution in [0.25, 0.3) is 6.08 Å². The van der Waals surface area contributed by atoms with Crippen LogP contribution in [0.2, 0.25) is 0 Å². The van der Waals surface area contributed by atoms with Gasteiger partial charge < -0.3 is 9.69 Å². The van der Waals surface area contributed by atoms with Crippen LogP contribution < -0.4 is 0 Å². The molecule has 0 saturated heterocycles. The molecule has 2 nitrogen and oxygen atoms in total. The Morgan fingerprint density at radius 3 is 2.50 bits per heavy atom. The fourth-order valence-electron chi connectivity index (χ4n) is 2.76. The summed E-state index contributed by atoms with van der Waals surface area (Å²) in [6.45, 7) is 2.82. The van der Waals surface area contributed by atoms with Gasteiger partial charge in [0.05, 0.1) is 0 Å². The van der Waals surface area contributed by atoms with Crippen molar-refractivity contribution in [3.63, 3.8) is 0 Å². The summed E-state index contributed by atoms with van der Waals surface area (Å²) in [6, 6.07) is 18.2. The van der Waals surface area contributed by atoms with Crippen molar-refractivity contribution in [1.29, 1.82) is 0 Å². The van der Waals surface area contributed by atoms with Crippen LogP contribution in [0.1, 0.15) is 29.7 Å². The Balaban J connectivity index is 1.98. The van der Waals surface area contributed by atoms with Crippen molar-refractivity contribution in [3.8, 4) is 0 Å². The van der Waals surface area contributed by atoms with Gasteiger partial charge in [0.2, 0.25) is 0 Å². The number of aldehydes is 1. The Hall–Kier alpha value is -2.35. The Labute approximate surface area is 119 Å². The van der Waals surface area contributed by atoms with E-state index in [-0.39, 0.29) is 6.04 Å². The highest BCUT2D eigenvalue weighted by molar-refractivity contribution is 5.71. The van der Waals surface area contributed by atoms with Crippen LogP contribution in [0.3, 0.4) is 0 Å². The van der Waals surface area contributed by atoms with Gasteiger partial charge in [-0.2, -0.15) is 0 Å². The standard InChI is InChI=1S/C18H17NO/c1-14-11-16-9-5-6-10-17(16)18(13-20)19(14)12-15-7-3-2-4-8-15/h2-11,13,18H,12H2,1H3. The van der Waals surface area contributed by atoms with Crippen molar-refractivity contribution in [1.82, 2.24) is 4.90 Å². The van der Waals surface area contributed by atoms with Crippen LogP contribution in [0, 0.1) is 0 Å². The van der Waals surface area contributed by atoms with E-state index in [1.165, 1.54) is 5.56 Å². The number of hydrogen-bond acceptors (Lipinski definition) is 2. The first kappa shape index (κ1) is 12.7. The molecule has 20 heavy (non-hydrogen) atoms. The van der Waals surface area contributed by atoms with Gasteiger partial charge in [0.15, 0.2) is 0 Å². The van der Waals surface area contributed by atoms with Crippen LogP contribution in [0.15, 0.2) is 60.3 Å². The number of nitrogens with zero attached hydrogens (tertiary/aromatic N) is 1. The number of allylic oxidation sites excluding steroid dienone is 1. The Bertz CT molecular complexity index is 645. The molecule has 2 aromatic rings. The van der Waals surface area contributed by atoms with Crippen molar-refractivity contribution in [2.45, 2.75) is 19.5 Å². The third-order valence-electron chi connectivity index (χ3n) is 3.79. The largest absolute Gasteiger partial charge is 0.357 e. The zero-order chi connectivity index (χ0) is 13.9. The maximum absolute atomic E-state index is 11.6. The highest BCUT2D eigenvalue weighted by Gasteiger charge is 2.25. The van der Waals surface area contributed by atoms with Gasteiger partial charge >= 0.3 is 0 Å². The SMILES string of the molecule is CC1=Cc2ccccc2C(C=O)N1Cc1ccccc1. The predicted octanol–water partition coefficient (Wildman–Crippen LogP) is 3.80. The molecular weight excluding hydrogens is 246 g/mol. The quantitative estimate of drug-likeness (QED) is 0.785. The summed E-state index contributed by atoms with van der Waals surface area (Å²) in [6.07, 6.45) is 3.19. The van der Waals surface area contributed by atoms with Crippen LogP contribution in [0.5, 0.6) is 0 Å². The first-order valence-electron chi connectivity index (χ1n) is 6.82. The second kappa shape index (κ2) is 5.33. The molecule has 0 N–H and O–H groups in total. The summed E-state index contributed by atoms with van der Waals surface area (Å²) >= 11 is 0. The monoisotopic (exact) mass is 263 g/mol. The lowest BCUT2D eigenvalue weighted by Gasteiger charge is -2.35. The third-order valence-corrected chi connectivity index (χ3v) is 3.79. The molecule has 1 heterocycles. The Morgan fingerprint density at radius 1 is 1.05 bits per heavy atom. The van der Waals surface area contributed by atoms with Crippen molar-refractivity contribution in [3.05, 3.63) is 77.0 Å². The summed E-state index contributed by atoms with van der Waals surface area (Å²) in [5.41, 5.74) is 4.58. The van der Waals surface area contributed by atoms with Gasteiger partial charge in [-0.15, -0.1) is 0 Å². The summed E-state index contributed by atoms with van der Waals surface area (Å²) in [7, 11) is 0. The molecule has 3 rings (SSSR count). The van der Waals surface area contributed by atoms with E-state index in [9.17, 15) is 4.79 Å². The van der Waals surface area contributed by atoms with Crippen molar-refractivity contribution < 1.29 is 4.79 Å². The number of hydrogen-bond donors (Lipinski definition) is 0. The molecule has 1 unspecified atom stereocenters. The van der Waals surface area contributed by atoms with E-state index in [4.69, 9.17) is 0 Å². The average molecular weight is 263 g/mol. The molecule has 100 valence electrons. The molecule has 0 saturated carbocycles. The lowest BCUT2D eigenvalue weighted by molar-refractivity contribution is -0.112. The number of benzene rings is 2. The number of fused-ring (bicyclic) bond motifs is 1. The van der Waals surface area contributed by atoms with Gasteiger partial charge in [0.25, 0.3) is 0 Å². The fourth-order valence-corrected chi connectivity index (χ4v) is 2.76.